The van der Waals surface area contributed by atoms with Crippen molar-refractivity contribution in [1.29, 1.82) is 0 Å². The van der Waals surface area contributed by atoms with Gasteiger partial charge in [0.2, 0.25) is 11.8 Å². The Bertz CT molecular complexity index is 1430. The zero-order valence-electron chi connectivity index (χ0n) is 42.7. The minimum atomic E-state index is -4.63. The molecule has 2 atom stereocenters. The van der Waals surface area contributed by atoms with Gasteiger partial charge in [0.25, 0.3) is 11.8 Å². The Morgan fingerprint density at radius 1 is 0.522 bits per heavy atom. The van der Waals surface area contributed by atoms with Gasteiger partial charge in [0.15, 0.2) is 6.10 Å². The summed E-state index contributed by atoms with van der Waals surface area (Å²) >= 11 is 0. The average Bonchev–Trinajstić information content (AvgIpc) is 3.65. The van der Waals surface area contributed by atoms with Crippen molar-refractivity contribution in [3.05, 3.63) is 12.2 Å². The van der Waals surface area contributed by atoms with E-state index in [1.807, 2.05) is 0 Å². The highest BCUT2D eigenvalue weighted by atomic mass is 31.2. The summed E-state index contributed by atoms with van der Waals surface area (Å²) in [6, 6.07) is 0. The van der Waals surface area contributed by atoms with E-state index in [2.05, 4.69) is 24.5 Å². The predicted octanol–water partition coefficient (Wildman–Crippen LogP) is 9.51. The molecule has 0 aromatic rings. The van der Waals surface area contributed by atoms with E-state index in [0.29, 0.717) is 12.8 Å². The first-order valence-corrected chi connectivity index (χ1v) is 28.2. The van der Waals surface area contributed by atoms with Crippen LogP contribution >= 0.6 is 7.82 Å². The molecule has 3 N–H and O–H groups in total. The molecule has 0 aliphatic carbocycles. The number of ether oxygens (including phenoxy) is 4. The summed E-state index contributed by atoms with van der Waals surface area (Å²) in [6.07, 6.45) is 32.4. The molecule has 0 saturated heterocycles. The molecular weight excluding hydrogens is 910 g/mol. The minimum Gasteiger partial charge on any atom is -0.462 e. The van der Waals surface area contributed by atoms with Crippen molar-refractivity contribution in [2.45, 2.75) is 213 Å². The summed E-state index contributed by atoms with van der Waals surface area (Å²) in [5, 5.41) is 5.20. The molecule has 4 amide bonds. The number of hydrogen-bond acceptors (Lipinski definition) is 13. The number of imide groups is 1. The lowest BCUT2D eigenvalue weighted by Gasteiger charge is -2.20. The van der Waals surface area contributed by atoms with Gasteiger partial charge in [0.05, 0.1) is 39.6 Å². The molecule has 69 heavy (non-hydrogen) atoms. The van der Waals surface area contributed by atoms with Crippen LogP contribution < -0.4 is 10.6 Å². The highest BCUT2D eigenvalue weighted by molar-refractivity contribution is 7.47. The van der Waals surface area contributed by atoms with Crippen molar-refractivity contribution >= 4 is 43.4 Å². The van der Waals surface area contributed by atoms with Crippen LogP contribution in [0.3, 0.4) is 0 Å². The van der Waals surface area contributed by atoms with Crippen LogP contribution in [0, 0.1) is 0 Å². The fraction of sp³-hybridized carbons (Fsp3) is 0.843. The van der Waals surface area contributed by atoms with Crippen molar-refractivity contribution in [3.63, 3.8) is 0 Å². The summed E-state index contributed by atoms with van der Waals surface area (Å²) in [7, 11) is -4.63. The third-order valence-corrected chi connectivity index (χ3v) is 12.7. The van der Waals surface area contributed by atoms with Crippen LogP contribution in [-0.4, -0.2) is 117 Å². The second-order valence-corrected chi connectivity index (χ2v) is 19.4. The fourth-order valence-electron chi connectivity index (χ4n) is 7.55. The molecule has 0 aromatic heterocycles. The number of amides is 4. The van der Waals surface area contributed by atoms with Gasteiger partial charge >= 0.3 is 19.8 Å². The monoisotopic (exact) mass is 1000 g/mol. The standard InChI is InChI=1S/C51H92N3O14P/c1-3-5-7-9-11-13-15-17-19-21-23-25-27-29-50(59)65-43-45(68-51(60)30-28-26-24-22-20-18-16-14-12-10-8-6-4-2)44-67-69(61,62)66-40-36-53-47(56)34-38-63-41-42-64-39-35-52-46(55)33-37-54-48(57)31-32-49(54)58/h31-32,45H,3-30,33-44H2,1-2H3,(H,52,55)(H,53,56)(H,61,62)/t45-/m1/s1. The van der Waals surface area contributed by atoms with Gasteiger partial charge in [0, 0.05) is 57.5 Å². The molecule has 17 nitrogen and oxygen atoms in total. The first-order chi connectivity index (χ1) is 33.5. The van der Waals surface area contributed by atoms with Crippen LogP contribution in [0.5, 0.6) is 0 Å². The molecule has 1 aliphatic rings. The zero-order chi connectivity index (χ0) is 50.5. The second kappa shape index (κ2) is 44.7. The Morgan fingerprint density at radius 2 is 0.942 bits per heavy atom. The van der Waals surface area contributed by atoms with Crippen molar-refractivity contribution in [1.82, 2.24) is 15.5 Å². The lowest BCUT2D eigenvalue weighted by Crippen LogP contribution is -2.35. The van der Waals surface area contributed by atoms with Crippen LogP contribution in [0.25, 0.3) is 0 Å². The number of esters is 2. The molecule has 1 unspecified atom stereocenters. The lowest BCUT2D eigenvalue weighted by atomic mass is 10.0. The molecule has 1 aliphatic heterocycles. The normalized spacial score (nSPS) is 13.7. The summed E-state index contributed by atoms with van der Waals surface area (Å²) in [5.41, 5.74) is 0. The smallest absolute Gasteiger partial charge is 0.462 e. The summed E-state index contributed by atoms with van der Waals surface area (Å²) < 4.78 is 44.6. The molecule has 1 heterocycles. The Hall–Kier alpha value is -3.21. The summed E-state index contributed by atoms with van der Waals surface area (Å²) in [4.78, 5) is 83.9. The average molecular weight is 1000 g/mol. The van der Waals surface area contributed by atoms with Crippen LogP contribution in [0.15, 0.2) is 12.2 Å². The largest absolute Gasteiger partial charge is 0.472 e. The number of rotatable bonds is 50. The quantitative estimate of drug-likeness (QED) is 0.0224. The van der Waals surface area contributed by atoms with Gasteiger partial charge in [-0.25, -0.2) is 4.57 Å². The lowest BCUT2D eigenvalue weighted by molar-refractivity contribution is -0.161. The third kappa shape index (κ3) is 40.1. The maximum atomic E-state index is 12.8. The highest BCUT2D eigenvalue weighted by Gasteiger charge is 2.26. The molecule has 0 saturated carbocycles. The number of carbonyl (C=O) groups excluding carboxylic acids is 6. The second-order valence-electron chi connectivity index (χ2n) is 18.0. The van der Waals surface area contributed by atoms with Gasteiger partial charge < -0.3 is 34.5 Å². The van der Waals surface area contributed by atoms with Gasteiger partial charge in [-0.2, -0.15) is 0 Å². The number of carbonyl (C=O) groups is 6. The van der Waals surface area contributed by atoms with E-state index in [-0.39, 0.29) is 96.8 Å². The topological polar surface area (TPSA) is 222 Å². The first-order valence-electron chi connectivity index (χ1n) is 26.7. The Balaban J connectivity index is 2.31. The Morgan fingerprint density at radius 3 is 1.43 bits per heavy atom. The maximum absolute atomic E-state index is 12.8. The van der Waals surface area contributed by atoms with Gasteiger partial charge in [-0.3, -0.25) is 42.7 Å². The molecule has 0 aromatic carbocycles. The molecule has 0 fully saturated rings. The van der Waals surface area contributed by atoms with E-state index in [0.717, 1.165) is 55.6 Å². The molecular formula is C51H92N3O14P. The van der Waals surface area contributed by atoms with Gasteiger partial charge in [0.1, 0.15) is 6.61 Å². The van der Waals surface area contributed by atoms with E-state index in [4.69, 9.17) is 28.0 Å². The Labute approximate surface area is 414 Å². The number of nitrogens with one attached hydrogen (secondary N) is 2. The van der Waals surface area contributed by atoms with Gasteiger partial charge in [-0.15, -0.1) is 0 Å². The molecule has 1 rings (SSSR count). The number of hydrogen-bond donors (Lipinski definition) is 3. The van der Waals surface area contributed by atoms with Crippen molar-refractivity contribution < 1.29 is 66.2 Å². The zero-order valence-corrected chi connectivity index (χ0v) is 43.6. The number of phosphoric ester groups is 1. The van der Waals surface area contributed by atoms with Crippen molar-refractivity contribution in [2.75, 3.05) is 65.9 Å². The van der Waals surface area contributed by atoms with Gasteiger partial charge in [-0.05, 0) is 12.8 Å². The minimum absolute atomic E-state index is 0.00305. The molecule has 400 valence electrons. The van der Waals surface area contributed by atoms with Crippen molar-refractivity contribution in [2.24, 2.45) is 0 Å². The van der Waals surface area contributed by atoms with Crippen LogP contribution in [-0.2, 0) is 61.3 Å². The van der Waals surface area contributed by atoms with Crippen LogP contribution in [0.2, 0.25) is 0 Å². The molecule has 0 spiro atoms. The number of unbranched alkanes of at least 4 members (excludes halogenated alkanes) is 24. The van der Waals surface area contributed by atoms with E-state index in [1.165, 1.54) is 116 Å². The van der Waals surface area contributed by atoms with Crippen molar-refractivity contribution in [3.8, 4) is 0 Å². The first kappa shape index (κ1) is 63.8. The summed E-state index contributed by atoms with van der Waals surface area (Å²) in [5.74, 6) is -2.51. The van der Waals surface area contributed by atoms with E-state index >= 15 is 0 Å². The number of phosphoric acid groups is 1. The molecule has 0 radical (unpaired) electrons. The maximum Gasteiger partial charge on any atom is 0.472 e. The summed E-state index contributed by atoms with van der Waals surface area (Å²) in [6.45, 7) is 4.17. The fourth-order valence-corrected chi connectivity index (χ4v) is 8.30. The number of nitrogens with zero attached hydrogens (tertiary/aromatic N) is 1. The van der Waals surface area contributed by atoms with Crippen LogP contribution in [0.1, 0.15) is 206 Å². The third-order valence-electron chi connectivity index (χ3n) is 11.7. The highest BCUT2D eigenvalue weighted by Crippen LogP contribution is 2.43. The van der Waals surface area contributed by atoms with E-state index < -0.39 is 44.3 Å². The predicted molar refractivity (Wildman–Crippen MR) is 266 cm³/mol. The Kier molecular flexibility index (Phi) is 41.3. The molecule has 18 heteroatoms. The van der Waals surface area contributed by atoms with E-state index in [1.54, 1.807) is 0 Å². The van der Waals surface area contributed by atoms with Gasteiger partial charge in [-0.1, -0.05) is 168 Å². The van der Waals surface area contributed by atoms with E-state index in [9.17, 15) is 38.2 Å². The molecule has 0 bridgehead atoms. The van der Waals surface area contributed by atoms with Crippen LogP contribution in [0.4, 0.5) is 0 Å². The SMILES string of the molecule is CCCCCCCCCCCCCCCC(=O)OC[C@H](COP(=O)(O)OCCNC(=O)CCOCCOCCNC(=O)CCN1C(=O)C=CC1=O)OC(=O)CCCCCCCCCCCCCCC.